The van der Waals surface area contributed by atoms with Crippen molar-refractivity contribution in [2.75, 3.05) is 13.2 Å². The molecule has 3 nitrogen and oxygen atoms in total. The molecule has 25 heavy (non-hydrogen) atoms. The molecule has 0 atom stereocenters. The Kier molecular flexibility index (Phi) is 8.03. The van der Waals surface area contributed by atoms with Crippen molar-refractivity contribution in [2.45, 2.75) is 46.5 Å². The van der Waals surface area contributed by atoms with E-state index in [-0.39, 0.29) is 0 Å². The van der Waals surface area contributed by atoms with Gasteiger partial charge in [0.25, 0.3) is 0 Å². The Bertz CT molecular complexity index is 645. The molecule has 0 saturated carbocycles. The fourth-order valence-corrected chi connectivity index (χ4v) is 2.55. The monoisotopic (exact) mass is 339 g/mol. The van der Waals surface area contributed by atoms with Crippen molar-refractivity contribution in [1.82, 2.24) is 0 Å². The molecule has 2 rings (SSSR count). The van der Waals surface area contributed by atoms with Crippen LogP contribution in [-0.2, 0) is 0 Å². The lowest BCUT2D eigenvalue weighted by Gasteiger charge is -2.07. The maximum absolute atomic E-state index is 5.77. The SMILES string of the molecule is CCCCCCOc1ccc(N=C(C)c2ccc(OCC)cc2)cc1. The summed E-state index contributed by atoms with van der Waals surface area (Å²) in [6, 6.07) is 16.0. The van der Waals surface area contributed by atoms with Crippen LogP contribution < -0.4 is 9.47 Å². The Hall–Kier alpha value is -2.29. The number of unbranched alkanes of at least 4 members (excludes halogenated alkanes) is 3. The van der Waals surface area contributed by atoms with Crippen molar-refractivity contribution < 1.29 is 9.47 Å². The quantitative estimate of drug-likeness (QED) is 0.382. The van der Waals surface area contributed by atoms with Crippen molar-refractivity contribution in [1.29, 1.82) is 0 Å². The summed E-state index contributed by atoms with van der Waals surface area (Å²) in [5.41, 5.74) is 3.01. The third-order valence-corrected chi connectivity index (χ3v) is 3.98. The third kappa shape index (κ3) is 6.61. The second kappa shape index (κ2) is 10.5. The van der Waals surface area contributed by atoms with Gasteiger partial charge in [0.2, 0.25) is 0 Å². The normalized spacial score (nSPS) is 11.4. The molecule has 134 valence electrons. The van der Waals surface area contributed by atoms with Gasteiger partial charge in [-0.05, 0) is 74.4 Å². The summed E-state index contributed by atoms with van der Waals surface area (Å²) >= 11 is 0. The van der Waals surface area contributed by atoms with Crippen LogP contribution in [0.2, 0.25) is 0 Å². The standard InChI is InChI=1S/C22H29NO2/c1-4-6-7-8-17-25-22-15-11-20(12-16-22)23-18(3)19-9-13-21(14-10-19)24-5-2/h9-16H,4-8,17H2,1-3H3. The lowest BCUT2D eigenvalue weighted by molar-refractivity contribution is 0.305. The van der Waals surface area contributed by atoms with Crippen LogP contribution in [0, 0.1) is 0 Å². The average molecular weight is 339 g/mol. The van der Waals surface area contributed by atoms with Gasteiger partial charge in [-0.2, -0.15) is 0 Å². The molecule has 0 saturated heterocycles. The van der Waals surface area contributed by atoms with E-state index in [9.17, 15) is 0 Å². The summed E-state index contributed by atoms with van der Waals surface area (Å²) < 4.78 is 11.2. The highest BCUT2D eigenvalue weighted by Gasteiger charge is 2.00. The molecule has 0 radical (unpaired) electrons. The van der Waals surface area contributed by atoms with Crippen molar-refractivity contribution in [3.05, 3.63) is 54.1 Å². The van der Waals surface area contributed by atoms with Gasteiger partial charge in [-0.1, -0.05) is 26.2 Å². The zero-order valence-corrected chi connectivity index (χ0v) is 15.6. The largest absolute Gasteiger partial charge is 0.494 e. The van der Waals surface area contributed by atoms with Gasteiger partial charge in [0.15, 0.2) is 0 Å². The van der Waals surface area contributed by atoms with Crippen LogP contribution >= 0.6 is 0 Å². The van der Waals surface area contributed by atoms with E-state index in [0.717, 1.165) is 41.5 Å². The average Bonchev–Trinajstić information content (AvgIpc) is 2.64. The highest BCUT2D eigenvalue weighted by molar-refractivity contribution is 6.00. The van der Waals surface area contributed by atoms with Gasteiger partial charge in [0.05, 0.1) is 18.9 Å². The molecule has 0 N–H and O–H groups in total. The zero-order chi connectivity index (χ0) is 17.9. The molecular weight excluding hydrogens is 310 g/mol. The van der Waals surface area contributed by atoms with Gasteiger partial charge in [0.1, 0.15) is 11.5 Å². The van der Waals surface area contributed by atoms with Gasteiger partial charge < -0.3 is 9.47 Å². The summed E-state index contributed by atoms with van der Waals surface area (Å²) in [4.78, 5) is 4.69. The predicted octanol–water partition coefficient (Wildman–Crippen LogP) is 6.19. The summed E-state index contributed by atoms with van der Waals surface area (Å²) in [6.07, 6.45) is 4.88. The van der Waals surface area contributed by atoms with Crippen LogP contribution in [0.1, 0.15) is 52.0 Å². The maximum atomic E-state index is 5.77. The van der Waals surface area contributed by atoms with E-state index in [4.69, 9.17) is 9.47 Å². The number of benzene rings is 2. The first-order valence-corrected chi connectivity index (χ1v) is 9.24. The van der Waals surface area contributed by atoms with Crippen LogP contribution in [0.25, 0.3) is 0 Å². The van der Waals surface area contributed by atoms with Gasteiger partial charge in [0, 0.05) is 5.71 Å². The number of aliphatic imine (C=N–C) groups is 1. The van der Waals surface area contributed by atoms with Gasteiger partial charge in [-0.15, -0.1) is 0 Å². The predicted molar refractivity (Wildman–Crippen MR) is 106 cm³/mol. The van der Waals surface area contributed by atoms with Crippen LogP contribution in [-0.4, -0.2) is 18.9 Å². The smallest absolute Gasteiger partial charge is 0.119 e. The summed E-state index contributed by atoms with van der Waals surface area (Å²) in [6.45, 7) is 7.69. The van der Waals surface area contributed by atoms with E-state index in [1.54, 1.807) is 0 Å². The molecular formula is C22H29NO2. The summed E-state index contributed by atoms with van der Waals surface area (Å²) in [7, 11) is 0. The Labute approximate surface area is 151 Å². The molecule has 0 aliphatic carbocycles. The lowest BCUT2D eigenvalue weighted by atomic mass is 10.1. The molecule has 0 heterocycles. The van der Waals surface area contributed by atoms with Gasteiger partial charge in [-0.3, -0.25) is 4.99 Å². The number of nitrogens with zero attached hydrogens (tertiary/aromatic N) is 1. The third-order valence-electron chi connectivity index (χ3n) is 3.98. The second-order valence-corrected chi connectivity index (χ2v) is 6.06. The molecule has 0 unspecified atom stereocenters. The first kappa shape index (κ1) is 19.0. The first-order chi connectivity index (χ1) is 12.2. The van der Waals surface area contributed by atoms with Crippen molar-refractivity contribution >= 4 is 11.4 Å². The highest BCUT2D eigenvalue weighted by Crippen LogP contribution is 2.20. The van der Waals surface area contributed by atoms with Crippen LogP contribution in [0.4, 0.5) is 5.69 Å². The topological polar surface area (TPSA) is 30.8 Å². The molecule has 0 aromatic heterocycles. The molecule has 0 fully saturated rings. The Morgan fingerprint density at radius 3 is 2.08 bits per heavy atom. The molecule has 2 aromatic rings. The summed E-state index contributed by atoms with van der Waals surface area (Å²) in [5, 5.41) is 0. The van der Waals surface area contributed by atoms with E-state index in [0.29, 0.717) is 6.61 Å². The minimum atomic E-state index is 0.680. The Morgan fingerprint density at radius 1 is 0.800 bits per heavy atom. The number of hydrogen-bond acceptors (Lipinski definition) is 3. The van der Waals surface area contributed by atoms with E-state index in [1.807, 2.05) is 62.4 Å². The summed E-state index contributed by atoms with van der Waals surface area (Å²) in [5.74, 6) is 1.80. The number of hydrogen-bond donors (Lipinski definition) is 0. The van der Waals surface area contributed by atoms with Crippen LogP contribution in [0.3, 0.4) is 0 Å². The van der Waals surface area contributed by atoms with E-state index < -0.39 is 0 Å². The Balaban J connectivity index is 1.91. The molecule has 3 heteroatoms. The fraction of sp³-hybridized carbons (Fsp3) is 0.409. The zero-order valence-electron chi connectivity index (χ0n) is 15.6. The molecule has 0 amide bonds. The van der Waals surface area contributed by atoms with Crippen LogP contribution in [0.15, 0.2) is 53.5 Å². The highest BCUT2D eigenvalue weighted by atomic mass is 16.5. The van der Waals surface area contributed by atoms with Crippen molar-refractivity contribution in [2.24, 2.45) is 4.99 Å². The van der Waals surface area contributed by atoms with E-state index in [2.05, 4.69) is 11.9 Å². The molecule has 0 aliphatic rings. The van der Waals surface area contributed by atoms with Crippen molar-refractivity contribution in [3.63, 3.8) is 0 Å². The number of rotatable bonds is 10. The lowest BCUT2D eigenvalue weighted by Crippen LogP contribution is -1.97. The molecule has 0 aliphatic heterocycles. The minimum Gasteiger partial charge on any atom is -0.494 e. The minimum absolute atomic E-state index is 0.680. The molecule has 2 aromatic carbocycles. The maximum Gasteiger partial charge on any atom is 0.119 e. The van der Waals surface area contributed by atoms with Crippen LogP contribution in [0.5, 0.6) is 11.5 Å². The van der Waals surface area contributed by atoms with Gasteiger partial charge >= 0.3 is 0 Å². The van der Waals surface area contributed by atoms with E-state index >= 15 is 0 Å². The molecule has 0 spiro atoms. The van der Waals surface area contributed by atoms with Gasteiger partial charge in [-0.25, -0.2) is 0 Å². The van der Waals surface area contributed by atoms with Crippen molar-refractivity contribution in [3.8, 4) is 11.5 Å². The Morgan fingerprint density at radius 2 is 1.44 bits per heavy atom. The fourth-order valence-electron chi connectivity index (χ4n) is 2.55. The molecule has 0 bridgehead atoms. The first-order valence-electron chi connectivity index (χ1n) is 9.24. The second-order valence-electron chi connectivity index (χ2n) is 6.06. The number of ether oxygens (including phenoxy) is 2. The van der Waals surface area contributed by atoms with E-state index in [1.165, 1.54) is 19.3 Å².